The highest BCUT2D eigenvalue weighted by Gasteiger charge is 2.64. The van der Waals surface area contributed by atoms with E-state index in [0.717, 1.165) is 0 Å². The second-order valence-electron chi connectivity index (χ2n) is 6.11. The summed E-state index contributed by atoms with van der Waals surface area (Å²) in [4.78, 5) is 36.1. The van der Waals surface area contributed by atoms with E-state index in [1.165, 1.54) is 20.8 Å². The van der Waals surface area contributed by atoms with Crippen molar-refractivity contribution in [3.8, 4) is 0 Å². The standard InChI is InChI=1S/C18H26O9/c1-8-9-13(25-14(19)10(2)3)17(18(22,23)24,26-15(20)11(4)5)27-16(21)12(6)7/h13,22-24H,2,4,6,8-9H2,1,3,5,7H3. The summed E-state index contributed by atoms with van der Waals surface area (Å²) in [7, 11) is 0. The van der Waals surface area contributed by atoms with Crippen LogP contribution in [0.2, 0.25) is 0 Å². The fourth-order valence-corrected chi connectivity index (χ4v) is 1.77. The molecule has 1 unspecified atom stereocenters. The first kappa shape index (κ1) is 24.5. The first-order valence-electron chi connectivity index (χ1n) is 8.00. The van der Waals surface area contributed by atoms with Crippen molar-refractivity contribution >= 4 is 17.9 Å². The van der Waals surface area contributed by atoms with Crippen LogP contribution < -0.4 is 0 Å². The van der Waals surface area contributed by atoms with Gasteiger partial charge in [-0.25, -0.2) is 14.4 Å². The van der Waals surface area contributed by atoms with Crippen molar-refractivity contribution in [3.63, 3.8) is 0 Å². The second-order valence-corrected chi connectivity index (χ2v) is 6.11. The molecular weight excluding hydrogens is 360 g/mol. The number of carbonyl (C=O) groups excluding carboxylic acids is 3. The highest BCUT2D eigenvalue weighted by Crippen LogP contribution is 2.35. The normalized spacial score (nSPS) is 12.6. The van der Waals surface area contributed by atoms with Gasteiger partial charge in [-0.15, -0.1) is 0 Å². The predicted molar refractivity (Wildman–Crippen MR) is 93.5 cm³/mol. The van der Waals surface area contributed by atoms with Gasteiger partial charge in [-0.1, -0.05) is 33.1 Å². The number of carbonyl (C=O) groups is 3. The molecule has 0 aliphatic rings. The maximum absolute atomic E-state index is 12.1. The third-order valence-corrected chi connectivity index (χ3v) is 3.23. The molecule has 0 aromatic heterocycles. The van der Waals surface area contributed by atoms with Crippen molar-refractivity contribution in [2.24, 2.45) is 0 Å². The van der Waals surface area contributed by atoms with Crippen LogP contribution in [-0.2, 0) is 28.6 Å². The Kier molecular flexibility index (Phi) is 8.58. The summed E-state index contributed by atoms with van der Waals surface area (Å²) in [5.74, 6) is -10.6. The summed E-state index contributed by atoms with van der Waals surface area (Å²) >= 11 is 0. The lowest BCUT2D eigenvalue weighted by atomic mass is 10.0. The van der Waals surface area contributed by atoms with Crippen molar-refractivity contribution < 1.29 is 43.9 Å². The van der Waals surface area contributed by atoms with Gasteiger partial charge in [0.2, 0.25) is 0 Å². The Morgan fingerprint density at radius 2 is 1.22 bits per heavy atom. The highest BCUT2D eigenvalue weighted by atomic mass is 16.8. The molecule has 0 aromatic rings. The largest absolute Gasteiger partial charge is 0.450 e. The molecule has 0 fully saturated rings. The summed E-state index contributed by atoms with van der Waals surface area (Å²) < 4.78 is 14.9. The van der Waals surface area contributed by atoms with Crippen molar-refractivity contribution in [2.75, 3.05) is 0 Å². The Morgan fingerprint density at radius 1 is 0.852 bits per heavy atom. The topological polar surface area (TPSA) is 140 Å². The lowest BCUT2D eigenvalue weighted by molar-refractivity contribution is -0.460. The maximum atomic E-state index is 12.1. The number of esters is 3. The number of hydrogen-bond acceptors (Lipinski definition) is 9. The van der Waals surface area contributed by atoms with Crippen LogP contribution in [-0.4, -0.2) is 51.1 Å². The lowest BCUT2D eigenvalue weighted by Gasteiger charge is -2.42. The highest BCUT2D eigenvalue weighted by molar-refractivity contribution is 5.89. The van der Waals surface area contributed by atoms with E-state index < -0.39 is 35.8 Å². The van der Waals surface area contributed by atoms with E-state index in [4.69, 9.17) is 14.2 Å². The molecule has 0 radical (unpaired) electrons. The lowest BCUT2D eigenvalue weighted by Crippen LogP contribution is -2.67. The molecule has 3 N–H and O–H groups in total. The van der Waals surface area contributed by atoms with Gasteiger partial charge >= 0.3 is 29.7 Å². The van der Waals surface area contributed by atoms with E-state index in [0.29, 0.717) is 0 Å². The molecule has 0 bridgehead atoms. The van der Waals surface area contributed by atoms with Crippen LogP contribution in [0.4, 0.5) is 0 Å². The Morgan fingerprint density at radius 3 is 1.48 bits per heavy atom. The molecule has 1 atom stereocenters. The average molecular weight is 386 g/mol. The zero-order valence-electron chi connectivity index (χ0n) is 15.9. The van der Waals surface area contributed by atoms with Gasteiger partial charge in [-0.3, -0.25) is 0 Å². The third-order valence-electron chi connectivity index (χ3n) is 3.23. The van der Waals surface area contributed by atoms with E-state index in [1.54, 1.807) is 6.92 Å². The van der Waals surface area contributed by atoms with E-state index in [2.05, 4.69) is 19.7 Å². The van der Waals surface area contributed by atoms with E-state index in [1.807, 2.05) is 0 Å². The van der Waals surface area contributed by atoms with E-state index in [9.17, 15) is 29.7 Å². The number of aliphatic hydroxyl groups is 3. The predicted octanol–water partition coefficient (Wildman–Crippen LogP) is 0.840. The minimum absolute atomic E-state index is 0.0677. The van der Waals surface area contributed by atoms with Gasteiger partial charge in [0.1, 0.15) is 0 Å². The molecule has 0 heterocycles. The molecule has 0 saturated carbocycles. The van der Waals surface area contributed by atoms with Crippen LogP contribution in [0.15, 0.2) is 36.5 Å². The van der Waals surface area contributed by atoms with Crippen LogP contribution >= 0.6 is 0 Å². The fraction of sp³-hybridized carbons (Fsp3) is 0.500. The molecule has 0 rings (SSSR count). The van der Waals surface area contributed by atoms with Crippen LogP contribution in [0.1, 0.15) is 40.5 Å². The number of rotatable bonds is 10. The molecule has 0 amide bonds. The summed E-state index contributed by atoms with van der Waals surface area (Å²) in [6.07, 6.45) is -1.73. The SMILES string of the molecule is C=C(C)C(=O)OC(CCC)C(OC(=O)C(=C)C)(OC(=O)C(=C)C)C(O)(O)O. The van der Waals surface area contributed by atoms with Gasteiger partial charge in [0.15, 0.2) is 6.10 Å². The average Bonchev–Trinajstić information content (AvgIpc) is 2.51. The molecule has 0 aliphatic heterocycles. The van der Waals surface area contributed by atoms with Gasteiger partial charge in [-0.05, 0) is 27.2 Å². The van der Waals surface area contributed by atoms with Crippen molar-refractivity contribution in [1.29, 1.82) is 0 Å². The van der Waals surface area contributed by atoms with Gasteiger partial charge in [0.05, 0.1) is 0 Å². The quantitative estimate of drug-likeness (QED) is 0.283. The minimum Gasteiger partial charge on any atom is -0.450 e. The first-order valence-corrected chi connectivity index (χ1v) is 8.00. The van der Waals surface area contributed by atoms with Crippen LogP contribution in [0.5, 0.6) is 0 Å². The van der Waals surface area contributed by atoms with Crippen LogP contribution in [0.3, 0.4) is 0 Å². The van der Waals surface area contributed by atoms with Gasteiger partial charge in [0, 0.05) is 16.7 Å². The number of ether oxygens (including phenoxy) is 3. The minimum atomic E-state index is -3.93. The monoisotopic (exact) mass is 386 g/mol. The van der Waals surface area contributed by atoms with Crippen molar-refractivity contribution in [3.05, 3.63) is 36.5 Å². The molecule has 9 nitrogen and oxygen atoms in total. The summed E-state index contributed by atoms with van der Waals surface area (Å²) in [6, 6.07) is 0. The molecular formula is C18H26O9. The van der Waals surface area contributed by atoms with Gasteiger partial charge in [0.25, 0.3) is 0 Å². The zero-order valence-corrected chi connectivity index (χ0v) is 15.9. The smallest absolute Gasteiger partial charge is 0.377 e. The molecule has 0 saturated heterocycles. The van der Waals surface area contributed by atoms with Gasteiger partial charge in [-0.2, -0.15) is 0 Å². The second kappa shape index (κ2) is 9.45. The molecule has 27 heavy (non-hydrogen) atoms. The summed E-state index contributed by atoms with van der Waals surface area (Å²) in [5, 5.41) is 29.8. The van der Waals surface area contributed by atoms with E-state index in [-0.39, 0.29) is 29.6 Å². The summed E-state index contributed by atoms with van der Waals surface area (Å²) in [6.45, 7) is 15.5. The first-order chi connectivity index (χ1) is 12.2. The maximum Gasteiger partial charge on any atom is 0.377 e. The molecule has 0 aromatic carbocycles. The molecule has 0 spiro atoms. The number of hydrogen-bond donors (Lipinski definition) is 3. The third kappa shape index (κ3) is 6.31. The molecule has 9 heteroatoms. The van der Waals surface area contributed by atoms with E-state index >= 15 is 0 Å². The Bertz CT molecular complexity index is 612. The summed E-state index contributed by atoms with van der Waals surface area (Å²) in [5.41, 5.74) is -0.491. The molecule has 152 valence electrons. The Labute approximate surface area is 157 Å². The Hall–Kier alpha value is -2.49. The molecule has 0 aliphatic carbocycles. The van der Waals surface area contributed by atoms with Gasteiger partial charge < -0.3 is 29.5 Å². The van der Waals surface area contributed by atoms with Crippen molar-refractivity contribution in [2.45, 2.75) is 58.4 Å². The zero-order chi connectivity index (χ0) is 21.6. The Balaban J connectivity index is 6.48. The van der Waals surface area contributed by atoms with Crippen LogP contribution in [0, 0.1) is 0 Å². The van der Waals surface area contributed by atoms with Crippen molar-refractivity contribution in [1.82, 2.24) is 0 Å². The fourth-order valence-electron chi connectivity index (χ4n) is 1.77. The van der Waals surface area contributed by atoms with Crippen LogP contribution in [0.25, 0.3) is 0 Å².